The number of methoxy groups -OCH3 is 1. The largest absolute Gasteiger partial charge is 0.420 e. The number of benzene rings is 1. The van der Waals surface area contributed by atoms with Gasteiger partial charge in [0.25, 0.3) is 0 Å². The average molecular weight is 278 g/mol. The van der Waals surface area contributed by atoms with E-state index in [0.29, 0.717) is 0 Å². The van der Waals surface area contributed by atoms with Crippen LogP contribution in [0.3, 0.4) is 0 Å². The lowest BCUT2D eigenvalue weighted by molar-refractivity contribution is 0.208. The minimum Gasteiger partial charge on any atom is -0.420 e. The molecule has 106 valence electrons. The third-order valence-electron chi connectivity index (χ3n) is 3.19. The zero-order chi connectivity index (χ0) is 13.9. The molecule has 1 rings (SSSR count). The van der Waals surface area contributed by atoms with E-state index in [9.17, 15) is 0 Å². The Hall–Kier alpha value is -0.903. The molecule has 0 aliphatic carbocycles. The molecule has 1 unspecified atom stereocenters. The molecule has 1 aromatic rings. The second kappa shape index (κ2) is 9.95. The number of ether oxygens (including phenoxy) is 1. The van der Waals surface area contributed by atoms with Gasteiger partial charge in [-0.05, 0) is 29.6 Å². The molecule has 3 heteroatoms. The molecule has 2 nitrogen and oxygen atoms in total. The molecule has 19 heavy (non-hydrogen) atoms. The summed E-state index contributed by atoms with van der Waals surface area (Å²) in [6.07, 6.45) is 4.09. The Bertz CT molecular complexity index is 366. The molecule has 0 fully saturated rings. The highest BCUT2D eigenvalue weighted by atomic mass is 28.3. The van der Waals surface area contributed by atoms with Crippen LogP contribution in [-0.4, -0.2) is 29.4 Å². The molecule has 0 aromatic heterocycles. The summed E-state index contributed by atoms with van der Waals surface area (Å²) in [6.45, 7) is 7.70. The van der Waals surface area contributed by atoms with Crippen LogP contribution in [0.4, 0.5) is 0 Å². The number of hydrogen-bond acceptors (Lipinski definition) is 2. The van der Waals surface area contributed by atoms with Crippen molar-refractivity contribution in [2.75, 3.05) is 20.3 Å². The van der Waals surface area contributed by atoms with Crippen LogP contribution in [0, 0.1) is 0 Å². The first-order valence-corrected chi connectivity index (χ1v) is 9.22. The maximum Gasteiger partial charge on any atom is 0.179 e. The summed E-state index contributed by atoms with van der Waals surface area (Å²) < 4.78 is 11.3. The standard InChI is InChI=1S/C16H26O2Si/c1-4-12-19(13-11-17-3)18-10-9-16-8-6-7-15(5-2)14-16/h5-8,14,19H,2,4,9-13H2,1,3H3. The summed E-state index contributed by atoms with van der Waals surface area (Å²) >= 11 is 0. The molecule has 0 bridgehead atoms. The van der Waals surface area contributed by atoms with Gasteiger partial charge in [0.2, 0.25) is 0 Å². The van der Waals surface area contributed by atoms with Crippen molar-refractivity contribution in [3.63, 3.8) is 0 Å². The van der Waals surface area contributed by atoms with Gasteiger partial charge in [-0.2, -0.15) is 0 Å². The Kier molecular flexibility index (Phi) is 8.46. The first kappa shape index (κ1) is 16.2. The van der Waals surface area contributed by atoms with Crippen LogP contribution >= 0.6 is 0 Å². The maximum absolute atomic E-state index is 6.10. The minimum atomic E-state index is -1.06. The highest BCUT2D eigenvalue weighted by Crippen LogP contribution is 2.09. The summed E-state index contributed by atoms with van der Waals surface area (Å²) in [4.78, 5) is 0. The van der Waals surface area contributed by atoms with Crippen molar-refractivity contribution in [1.29, 1.82) is 0 Å². The van der Waals surface area contributed by atoms with E-state index in [1.807, 2.05) is 6.08 Å². The fourth-order valence-corrected chi connectivity index (χ4v) is 4.32. The van der Waals surface area contributed by atoms with Gasteiger partial charge in [0.05, 0.1) is 0 Å². The zero-order valence-electron chi connectivity index (χ0n) is 12.2. The normalized spacial score (nSPS) is 12.3. The Balaban J connectivity index is 2.35. The van der Waals surface area contributed by atoms with Crippen LogP contribution in [0.15, 0.2) is 30.8 Å². The second-order valence-electron chi connectivity index (χ2n) is 4.76. The smallest absolute Gasteiger partial charge is 0.179 e. The number of rotatable bonds is 10. The molecular weight excluding hydrogens is 252 g/mol. The van der Waals surface area contributed by atoms with Gasteiger partial charge in [-0.3, -0.25) is 0 Å². The molecule has 0 aliphatic heterocycles. The molecule has 0 radical (unpaired) electrons. The second-order valence-corrected chi connectivity index (χ2v) is 7.49. The minimum absolute atomic E-state index is 0.835. The van der Waals surface area contributed by atoms with Crippen molar-refractivity contribution in [3.05, 3.63) is 42.0 Å². The van der Waals surface area contributed by atoms with Gasteiger partial charge >= 0.3 is 0 Å². The Morgan fingerprint density at radius 1 is 1.26 bits per heavy atom. The van der Waals surface area contributed by atoms with Crippen molar-refractivity contribution >= 4 is 15.1 Å². The Morgan fingerprint density at radius 2 is 2.11 bits per heavy atom. The van der Waals surface area contributed by atoms with E-state index in [4.69, 9.17) is 9.16 Å². The van der Waals surface area contributed by atoms with Crippen LogP contribution in [0.25, 0.3) is 6.08 Å². The van der Waals surface area contributed by atoms with Crippen molar-refractivity contribution < 1.29 is 9.16 Å². The van der Waals surface area contributed by atoms with Crippen LogP contribution < -0.4 is 0 Å². The summed E-state index contributed by atoms with van der Waals surface area (Å²) in [6, 6.07) is 10.9. The van der Waals surface area contributed by atoms with E-state index >= 15 is 0 Å². The lowest BCUT2D eigenvalue weighted by atomic mass is 10.1. The van der Waals surface area contributed by atoms with E-state index in [1.54, 1.807) is 7.11 Å². The van der Waals surface area contributed by atoms with E-state index in [0.717, 1.165) is 25.7 Å². The molecule has 0 saturated carbocycles. The molecule has 0 amide bonds. The first-order valence-electron chi connectivity index (χ1n) is 7.12. The molecule has 0 heterocycles. The van der Waals surface area contributed by atoms with Gasteiger partial charge in [0, 0.05) is 20.3 Å². The van der Waals surface area contributed by atoms with Gasteiger partial charge < -0.3 is 9.16 Å². The highest BCUT2D eigenvalue weighted by Gasteiger charge is 2.10. The van der Waals surface area contributed by atoms with E-state index in [2.05, 4.69) is 37.8 Å². The van der Waals surface area contributed by atoms with Crippen molar-refractivity contribution in [3.8, 4) is 0 Å². The monoisotopic (exact) mass is 278 g/mol. The molecule has 0 saturated heterocycles. The quantitative estimate of drug-likeness (QED) is 0.608. The highest BCUT2D eigenvalue weighted by molar-refractivity contribution is 6.51. The van der Waals surface area contributed by atoms with Gasteiger partial charge in [-0.25, -0.2) is 0 Å². The third kappa shape index (κ3) is 6.71. The van der Waals surface area contributed by atoms with E-state index in [1.165, 1.54) is 23.6 Å². The SMILES string of the molecule is C=Cc1cccc(CCO[SiH](CCC)CCOC)c1. The molecule has 1 atom stereocenters. The summed E-state index contributed by atoms with van der Waals surface area (Å²) in [5.41, 5.74) is 2.51. The van der Waals surface area contributed by atoms with Crippen molar-refractivity contribution in [2.45, 2.75) is 31.9 Å². The topological polar surface area (TPSA) is 18.5 Å². The predicted octanol–water partition coefficient (Wildman–Crippen LogP) is 3.67. The maximum atomic E-state index is 6.10. The van der Waals surface area contributed by atoms with Crippen LogP contribution in [0.1, 0.15) is 24.5 Å². The van der Waals surface area contributed by atoms with E-state index in [-0.39, 0.29) is 0 Å². The van der Waals surface area contributed by atoms with Crippen LogP contribution in [-0.2, 0) is 15.6 Å². The van der Waals surface area contributed by atoms with Gasteiger partial charge in [0.1, 0.15) is 0 Å². The Morgan fingerprint density at radius 3 is 2.79 bits per heavy atom. The Labute approximate surface area is 119 Å². The third-order valence-corrected chi connectivity index (χ3v) is 5.99. The van der Waals surface area contributed by atoms with Gasteiger partial charge in [-0.15, -0.1) is 0 Å². The molecule has 0 aliphatic rings. The zero-order valence-corrected chi connectivity index (χ0v) is 13.4. The summed E-state index contributed by atoms with van der Waals surface area (Å²) in [7, 11) is 0.705. The van der Waals surface area contributed by atoms with E-state index < -0.39 is 9.04 Å². The lowest BCUT2D eigenvalue weighted by Gasteiger charge is -2.15. The summed E-state index contributed by atoms with van der Waals surface area (Å²) in [5, 5.41) is 0. The summed E-state index contributed by atoms with van der Waals surface area (Å²) in [5.74, 6) is 0. The van der Waals surface area contributed by atoms with Gasteiger partial charge in [0.15, 0.2) is 9.04 Å². The van der Waals surface area contributed by atoms with Crippen molar-refractivity contribution in [2.24, 2.45) is 0 Å². The van der Waals surface area contributed by atoms with Gasteiger partial charge in [-0.1, -0.05) is 50.3 Å². The van der Waals surface area contributed by atoms with Crippen LogP contribution in [0.5, 0.6) is 0 Å². The average Bonchev–Trinajstić information content (AvgIpc) is 2.45. The molecule has 0 spiro atoms. The predicted molar refractivity (Wildman–Crippen MR) is 85.1 cm³/mol. The molecule has 1 aromatic carbocycles. The van der Waals surface area contributed by atoms with Crippen LogP contribution in [0.2, 0.25) is 12.1 Å². The fourth-order valence-electron chi connectivity index (χ4n) is 2.10. The fraction of sp³-hybridized carbons (Fsp3) is 0.500. The lowest BCUT2D eigenvalue weighted by Crippen LogP contribution is -2.21. The molecular formula is C16H26O2Si. The first-order chi connectivity index (χ1) is 9.30. The van der Waals surface area contributed by atoms with Crippen molar-refractivity contribution in [1.82, 2.24) is 0 Å². The molecule has 0 N–H and O–H groups in total. The number of hydrogen-bond donors (Lipinski definition) is 0.